The SMILES string of the molecule is CC(=[NH2+])SC(C)=O. The Labute approximate surface area is 46.8 Å². The minimum Gasteiger partial charge on any atom is -0.287 e. The largest absolute Gasteiger partial charge is 0.287 e. The van der Waals surface area contributed by atoms with E-state index < -0.39 is 0 Å². The van der Waals surface area contributed by atoms with Crippen molar-refractivity contribution in [3.05, 3.63) is 0 Å². The number of nitrogens with two attached hydrogens (primary N) is 1. The summed E-state index contributed by atoms with van der Waals surface area (Å²) in [6, 6.07) is 0. The van der Waals surface area contributed by atoms with E-state index in [0.717, 1.165) is 11.8 Å². The summed E-state index contributed by atoms with van der Waals surface area (Å²) < 4.78 is 0. The molecular formula is C4H8NOS+. The maximum Gasteiger partial charge on any atom is 0.211 e. The van der Waals surface area contributed by atoms with Crippen LogP contribution in [0, 0.1) is 0 Å². The highest BCUT2D eigenvalue weighted by molar-refractivity contribution is 8.26. The number of hydrogen-bond acceptors (Lipinski definition) is 2. The van der Waals surface area contributed by atoms with Crippen molar-refractivity contribution in [3.8, 4) is 0 Å². The van der Waals surface area contributed by atoms with Crippen LogP contribution < -0.4 is 5.41 Å². The Bertz CT molecular complexity index is 87.9. The highest BCUT2D eigenvalue weighted by atomic mass is 32.2. The van der Waals surface area contributed by atoms with E-state index in [4.69, 9.17) is 5.41 Å². The van der Waals surface area contributed by atoms with Crippen molar-refractivity contribution in [1.82, 2.24) is 0 Å². The second-order valence-corrected chi connectivity index (χ2v) is 2.63. The van der Waals surface area contributed by atoms with Crippen LogP contribution in [-0.2, 0) is 4.79 Å². The van der Waals surface area contributed by atoms with E-state index in [1.54, 1.807) is 6.92 Å². The molecule has 0 unspecified atom stereocenters. The van der Waals surface area contributed by atoms with Crippen LogP contribution in [0.15, 0.2) is 0 Å². The lowest BCUT2D eigenvalue weighted by atomic mass is 10.9. The van der Waals surface area contributed by atoms with Crippen molar-refractivity contribution in [1.29, 1.82) is 0 Å². The zero-order chi connectivity index (χ0) is 5.86. The minimum absolute atomic E-state index is 0.0417. The number of rotatable bonds is 0. The summed E-state index contributed by atoms with van der Waals surface area (Å²) in [6.45, 7) is 3.19. The molecule has 0 radical (unpaired) electrons. The summed E-state index contributed by atoms with van der Waals surface area (Å²) in [7, 11) is 0. The summed E-state index contributed by atoms with van der Waals surface area (Å²) >= 11 is 1.06. The van der Waals surface area contributed by atoms with Crippen LogP contribution in [0.25, 0.3) is 0 Å². The van der Waals surface area contributed by atoms with Gasteiger partial charge in [-0.1, -0.05) is 0 Å². The van der Waals surface area contributed by atoms with Gasteiger partial charge in [0.05, 0.1) is 0 Å². The predicted octanol–water partition coefficient (Wildman–Crippen LogP) is -0.556. The molecule has 0 saturated carbocycles. The number of carbonyl (C=O) groups is 1. The standard InChI is InChI=1S/C4H7NOS/c1-3(5)7-4(2)6/h5H,1-2H3/p+1. The van der Waals surface area contributed by atoms with E-state index in [1.165, 1.54) is 6.92 Å². The molecular weight excluding hydrogens is 110 g/mol. The minimum atomic E-state index is 0.0417. The third-order valence-electron chi connectivity index (χ3n) is 0.305. The molecule has 0 aromatic heterocycles. The lowest BCUT2D eigenvalue weighted by Crippen LogP contribution is -2.35. The molecule has 0 aromatic rings. The summed E-state index contributed by atoms with van der Waals surface area (Å²) in [5.74, 6) is 0. The van der Waals surface area contributed by atoms with E-state index in [2.05, 4.69) is 0 Å². The molecule has 2 nitrogen and oxygen atoms in total. The first-order valence-corrected chi connectivity index (χ1v) is 2.72. The Balaban J connectivity index is 3.32. The number of carbonyl (C=O) groups excluding carboxylic acids is 1. The van der Waals surface area contributed by atoms with Gasteiger partial charge in [-0.05, 0) is 0 Å². The average Bonchev–Trinajstić information content (AvgIpc) is 1.27. The monoisotopic (exact) mass is 118 g/mol. The zero-order valence-corrected chi connectivity index (χ0v) is 5.21. The first-order valence-electron chi connectivity index (χ1n) is 1.90. The van der Waals surface area contributed by atoms with Crippen LogP contribution in [0.3, 0.4) is 0 Å². The van der Waals surface area contributed by atoms with Gasteiger partial charge in [-0.2, -0.15) is 0 Å². The normalized spacial score (nSPS) is 8.29. The molecule has 0 spiro atoms. The third-order valence-corrected chi connectivity index (χ3v) is 0.914. The molecule has 0 amide bonds. The van der Waals surface area contributed by atoms with E-state index in [9.17, 15) is 4.79 Å². The van der Waals surface area contributed by atoms with Crippen molar-refractivity contribution in [2.24, 2.45) is 0 Å². The smallest absolute Gasteiger partial charge is 0.211 e. The van der Waals surface area contributed by atoms with Crippen molar-refractivity contribution in [2.75, 3.05) is 0 Å². The van der Waals surface area contributed by atoms with Gasteiger partial charge in [0.1, 0.15) is 0 Å². The maximum atomic E-state index is 10.1. The molecule has 0 rings (SSSR count). The fraction of sp³-hybridized carbons (Fsp3) is 0.500. The highest BCUT2D eigenvalue weighted by Crippen LogP contribution is 1.97. The molecule has 3 heteroatoms. The van der Waals surface area contributed by atoms with Crippen LogP contribution >= 0.6 is 11.8 Å². The molecule has 0 fully saturated rings. The third kappa shape index (κ3) is 5.69. The fourth-order valence-corrected chi connectivity index (χ4v) is 0.680. The summed E-state index contributed by atoms with van der Waals surface area (Å²) in [4.78, 5) is 10.1. The first kappa shape index (κ1) is 6.69. The predicted molar refractivity (Wildman–Crippen MR) is 30.9 cm³/mol. The average molecular weight is 118 g/mol. The highest BCUT2D eigenvalue weighted by Gasteiger charge is 1.97. The van der Waals surface area contributed by atoms with Crippen LogP contribution in [0.4, 0.5) is 0 Å². The Morgan fingerprint density at radius 1 is 1.57 bits per heavy atom. The second kappa shape index (κ2) is 2.80. The van der Waals surface area contributed by atoms with Gasteiger partial charge in [0.2, 0.25) is 5.04 Å². The molecule has 0 aliphatic heterocycles. The van der Waals surface area contributed by atoms with Crippen LogP contribution in [0.5, 0.6) is 0 Å². The Hall–Kier alpha value is -0.310. The van der Waals surface area contributed by atoms with Gasteiger partial charge < -0.3 is 0 Å². The van der Waals surface area contributed by atoms with E-state index in [-0.39, 0.29) is 5.12 Å². The molecule has 0 aliphatic carbocycles. The van der Waals surface area contributed by atoms with Crippen molar-refractivity contribution < 1.29 is 10.2 Å². The molecule has 0 atom stereocenters. The molecule has 2 N–H and O–H groups in total. The maximum absolute atomic E-state index is 10.1. The van der Waals surface area contributed by atoms with E-state index in [1.807, 2.05) is 0 Å². The summed E-state index contributed by atoms with van der Waals surface area (Å²) in [5, 5.41) is 5.80. The lowest BCUT2D eigenvalue weighted by Gasteiger charge is -1.79. The fourth-order valence-electron chi connectivity index (χ4n) is 0.227. The van der Waals surface area contributed by atoms with E-state index in [0.29, 0.717) is 5.04 Å². The van der Waals surface area contributed by atoms with Gasteiger partial charge in [0.15, 0.2) is 5.12 Å². The molecule has 7 heavy (non-hydrogen) atoms. The molecule has 0 aromatic carbocycles. The van der Waals surface area contributed by atoms with Crippen LogP contribution in [-0.4, -0.2) is 10.2 Å². The van der Waals surface area contributed by atoms with Crippen molar-refractivity contribution >= 4 is 21.9 Å². The molecule has 0 heterocycles. The Morgan fingerprint density at radius 3 is 2.00 bits per heavy atom. The number of thioether (sulfide) groups is 1. The number of hydrogen-bond donors (Lipinski definition) is 1. The van der Waals surface area contributed by atoms with E-state index >= 15 is 0 Å². The molecule has 0 aliphatic rings. The van der Waals surface area contributed by atoms with Crippen LogP contribution in [0.1, 0.15) is 13.8 Å². The van der Waals surface area contributed by atoms with Crippen molar-refractivity contribution in [3.63, 3.8) is 0 Å². The summed E-state index contributed by atoms with van der Waals surface area (Å²) in [6.07, 6.45) is 0. The van der Waals surface area contributed by atoms with Gasteiger partial charge in [0.25, 0.3) is 0 Å². The molecule has 40 valence electrons. The summed E-state index contributed by atoms with van der Waals surface area (Å²) in [5.41, 5.74) is 0. The first-order chi connectivity index (χ1) is 3.13. The lowest BCUT2D eigenvalue weighted by molar-refractivity contribution is -0.111. The topological polar surface area (TPSA) is 42.7 Å². The second-order valence-electron chi connectivity index (χ2n) is 1.20. The molecule has 0 saturated heterocycles. The zero-order valence-electron chi connectivity index (χ0n) is 4.39. The van der Waals surface area contributed by atoms with Gasteiger partial charge in [-0.25, -0.2) is 0 Å². The molecule has 0 bridgehead atoms. The Morgan fingerprint density at radius 2 is 2.00 bits per heavy atom. The van der Waals surface area contributed by atoms with Gasteiger partial charge >= 0.3 is 0 Å². The quantitative estimate of drug-likeness (QED) is 0.342. The van der Waals surface area contributed by atoms with Gasteiger partial charge in [-0.15, -0.1) is 0 Å². The van der Waals surface area contributed by atoms with Crippen molar-refractivity contribution in [2.45, 2.75) is 13.8 Å². The van der Waals surface area contributed by atoms with Crippen LogP contribution in [0.2, 0.25) is 0 Å². The van der Waals surface area contributed by atoms with Gasteiger partial charge in [0, 0.05) is 25.6 Å². The Kier molecular flexibility index (Phi) is 2.67. The van der Waals surface area contributed by atoms with Gasteiger partial charge in [-0.3, -0.25) is 10.2 Å².